The number of hydrogen-bond acceptors (Lipinski definition) is 8. The normalized spacial score (nSPS) is 41.6. The predicted octanol–water partition coefficient (Wildman–Crippen LogP) is 2.67. The number of ketones is 1. The van der Waals surface area contributed by atoms with Crippen molar-refractivity contribution in [2.45, 2.75) is 78.6 Å². The zero-order valence-corrected chi connectivity index (χ0v) is 20.9. The van der Waals surface area contributed by atoms with E-state index in [1.807, 2.05) is 20.8 Å². The number of Topliss-reactive ketones (excluding diaryl/α,β-unsaturated/α-hetero) is 1. The van der Waals surface area contributed by atoms with Crippen LogP contribution in [0.15, 0.2) is 23.3 Å². The molecule has 0 aromatic heterocycles. The molecule has 0 aliphatic heterocycles. The molecule has 2 fully saturated rings. The summed E-state index contributed by atoms with van der Waals surface area (Å²) in [4.78, 5) is 50.1. The van der Waals surface area contributed by atoms with E-state index in [9.17, 15) is 24.3 Å². The van der Waals surface area contributed by atoms with Gasteiger partial charge in [-0.1, -0.05) is 32.9 Å². The Bertz CT molecular complexity index is 1040. The van der Waals surface area contributed by atoms with Crippen molar-refractivity contribution in [3.63, 3.8) is 0 Å². The monoisotopic (exact) mass is 474 g/mol. The summed E-state index contributed by atoms with van der Waals surface area (Å²) in [6.07, 6.45) is 2.92. The van der Waals surface area contributed by atoms with Crippen LogP contribution in [-0.2, 0) is 33.4 Å². The quantitative estimate of drug-likeness (QED) is 0.376. The van der Waals surface area contributed by atoms with Crippen molar-refractivity contribution in [2.75, 3.05) is 6.61 Å². The highest BCUT2D eigenvalue weighted by atomic mass is 16.6. The summed E-state index contributed by atoms with van der Waals surface area (Å²) in [5.74, 6) is -3.03. The van der Waals surface area contributed by atoms with Crippen LogP contribution in [0.5, 0.6) is 0 Å². The van der Waals surface area contributed by atoms with Gasteiger partial charge in [0.25, 0.3) is 0 Å². The third-order valence-electron chi connectivity index (χ3n) is 8.74. The zero-order valence-electron chi connectivity index (χ0n) is 20.9. The van der Waals surface area contributed by atoms with Gasteiger partial charge >= 0.3 is 17.9 Å². The van der Waals surface area contributed by atoms with E-state index in [2.05, 4.69) is 0 Å². The van der Waals surface area contributed by atoms with Gasteiger partial charge in [0.1, 0.15) is 17.8 Å². The standard InChI is InChI=1S/C26H34O8/c1-13-9-24-14(2)10-26(34-17(5)29)20(23(26,6)7)19(21(24)30)8-18(12-32-15(3)27)11-25(24,31)22(13)33-16(4)28/h8-9,14,19-20,22,31H,10-12H2,1-7H3/t14-,19-,20-,22+,24+,25+,26+/m1/s1. The first-order valence-corrected chi connectivity index (χ1v) is 11.8. The molecule has 2 bridgehead atoms. The van der Waals surface area contributed by atoms with Crippen molar-refractivity contribution in [3.05, 3.63) is 23.3 Å². The lowest BCUT2D eigenvalue weighted by atomic mass is 9.59. The molecule has 0 amide bonds. The number of carbonyl (C=O) groups excluding carboxylic acids is 4. The van der Waals surface area contributed by atoms with Gasteiger partial charge < -0.3 is 19.3 Å². The van der Waals surface area contributed by atoms with E-state index in [0.29, 0.717) is 17.6 Å². The van der Waals surface area contributed by atoms with Crippen molar-refractivity contribution in [1.29, 1.82) is 0 Å². The van der Waals surface area contributed by atoms with Crippen LogP contribution in [-0.4, -0.2) is 52.7 Å². The Balaban J connectivity index is 1.93. The van der Waals surface area contributed by atoms with Crippen molar-refractivity contribution in [2.24, 2.45) is 28.6 Å². The highest BCUT2D eigenvalue weighted by molar-refractivity contribution is 5.95. The summed E-state index contributed by atoms with van der Waals surface area (Å²) in [7, 11) is 0. The first-order chi connectivity index (χ1) is 15.6. The highest BCUT2D eigenvalue weighted by Crippen LogP contribution is 2.75. The Kier molecular flexibility index (Phi) is 5.44. The third kappa shape index (κ3) is 3.06. The second kappa shape index (κ2) is 7.51. The Labute approximate surface area is 199 Å². The smallest absolute Gasteiger partial charge is 0.303 e. The fourth-order valence-corrected chi connectivity index (χ4v) is 7.49. The summed E-state index contributed by atoms with van der Waals surface area (Å²) in [5, 5.41) is 12.3. The summed E-state index contributed by atoms with van der Waals surface area (Å²) in [6.45, 7) is 11.5. The Morgan fingerprint density at radius 2 is 1.76 bits per heavy atom. The minimum absolute atomic E-state index is 0.00631. The molecule has 8 heteroatoms. The summed E-state index contributed by atoms with van der Waals surface area (Å²) in [6, 6.07) is 0. The lowest BCUT2D eigenvalue weighted by Gasteiger charge is -2.47. The van der Waals surface area contributed by atoms with Crippen molar-refractivity contribution in [3.8, 4) is 0 Å². The maximum Gasteiger partial charge on any atom is 0.303 e. The van der Waals surface area contributed by atoms with Gasteiger partial charge in [0.15, 0.2) is 11.9 Å². The predicted molar refractivity (Wildman–Crippen MR) is 120 cm³/mol. The van der Waals surface area contributed by atoms with E-state index >= 15 is 0 Å². The molecule has 8 nitrogen and oxygen atoms in total. The van der Waals surface area contributed by atoms with E-state index in [4.69, 9.17) is 14.2 Å². The number of allylic oxidation sites excluding steroid dienone is 1. The van der Waals surface area contributed by atoms with Crippen LogP contribution in [0, 0.1) is 28.6 Å². The van der Waals surface area contributed by atoms with Crippen LogP contribution in [0.1, 0.15) is 61.3 Å². The first-order valence-electron chi connectivity index (χ1n) is 11.8. The van der Waals surface area contributed by atoms with Crippen LogP contribution >= 0.6 is 0 Å². The Hall–Kier alpha value is -2.48. The molecule has 4 aliphatic carbocycles. The van der Waals surface area contributed by atoms with Crippen molar-refractivity contribution in [1.82, 2.24) is 0 Å². The van der Waals surface area contributed by atoms with E-state index in [1.165, 1.54) is 20.8 Å². The Morgan fingerprint density at radius 3 is 2.32 bits per heavy atom. The number of ether oxygens (including phenoxy) is 3. The van der Waals surface area contributed by atoms with Crippen LogP contribution in [0.25, 0.3) is 0 Å². The largest absolute Gasteiger partial charge is 0.461 e. The zero-order chi connectivity index (χ0) is 25.4. The maximum absolute atomic E-state index is 14.4. The molecule has 2 saturated carbocycles. The van der Waals surface area contributed by atoms with Crippen LogP contribution in [0.2, 0.25) is 0 Å². The molecular weight excluding hydrogens is 440 g/mol. The molecule has 1 N–H and O–H groups in total. The molecule has 0 heterocycles. The molecule has 4 aliphatic rings. The molecule has 34 heavy (non-hydrogen) atoms. The molecule has 186 valence electrons. The average molecular weight is 475 g/mol. The molecular formula is C26H34O8. The summed E-state index contributed by atoms with van der Waals surface area (Å²) in [5.41, 5.74) is -3.28. The second-order valence-corrected chi connectivity index (χ2v) is 11.1. The summed E-state index contributed by atoms with van der Waals surface area (Å²) >= 11 is 0. The van der Waals surface area contributed by atoms with E-state index in [1.54, 1.807) is 19.1 Å². The number of carbonyl (C=O) groups is 4. The lowest BCUT2D eigenvalue weighted by molar-refractivity contribution is -0.181. The Morgan fingerprint density at radius 1 is 1.12 bits per heavy atom. The van der Waals surface area contributed by atoms with Gasteiger partial charge in [-0.05, 0) is 30.4 Å². The second-order valence-electron chi connectivity index (χ2n) is 11.1. The maximum atomic E-state index is 14.4. The van der Waals surface area contributed by atoms with Crippen LogP contribution in [0.4, 0.5) is 0 Å². The van der Waals surface area contributed by atoms with Gasteiger partial charge in [-0.15, -0.1) is 0 Å². The van der Waals surface area contributed by atoms with Gasteiger partial charge in [-0.2, -0.15) is 0 Å². The van der Waals surface area contributed by atoms with Gasteiger partial charge in [-0.3, -0.25) is 19.2 Å². The number of aliphatic hydroxyl groups is 1. The first kappa shape index (κ1) is 24.6. The van der Waals surface area contributed by atoms with E-state index < -0.39 is 57.9 Å². The number of hydrogen-bond donors (Lipinski definition) is 1. The molecule has 1 spiro atoms. The topological polar surface area (TPSA) is 116 Å². The number of rotatable bonds is 4. The highest BCUT2D eigenvalue weighted by Gasteiger charge is 2.82. The third-order valence-corrected chi connectivity index (χ3v) is 8.74. The van der Waals surface area contributed by atoms with Gasteiger partial charge in [0.05, 0.1) is 5.41 Å². The minimum Gasteiger partial charge on any atom is -0.461 e. The van der Waals surface area contributed by atoms with Gasteiger partial charge in [0, 0.05) is 44.4 Å². The molecule has 0 aromatic carbocycles. The molecule has 0 unspecified atom stereocenters. The summed E-state index contributed by atoms with van der Waals surface area (Å²) < 4.78 is 16.8. The lowest BCUT2D eigenvalue weighted by Crippen LogP contribution is -2.60. The van der Waals surface area contributed by atoms with Crippen LogP contribution in [0.3, 0.4) is 0 Å². The minimum atomic E-state index is -1.77. The van der Waals surface area contributed by atoms with Gasteiger partial charge in [-0.25, -0.2) is 0 Å². The van der Waals surface area contributed by atoms with Crippen LogP contribution < -0.4 is 0 Å². The van der Waals surface area contributed by atoms with Crippen molar-refractivity contribution >= 4 is 23.7 Å². The molecule has 0 radical (unpaired) electrons. The number of esters is 3. The average Bonchev–Trinajstić information content (AvgIpc) is 3.11. The molecule has 0 aromatic rings. The number of fused-ring (bicyclic) bond motifs is 3. The van der Waals surface area contributed by atoms with Crippen molar-refractivity contribution < 1.29 is 38.5 Å². The van der Waals surface area contributed by atoms with E-state index in [-0.39, 0.29) is 24.7 Å². The molecule has 4 rings (SSSR count). The SMILES string of the molecule is CC(=O)OCC1=C[C@H]2C(=O)[C@]3(C=C(C)[C@H](OC(C)=O)[C@@]3(O)C1)[C@H](C)C[C@]1(OC(C)=O)[C@H]2C1(C)C. The fraction of sp³-hybridized carbons (Fsp3) is 0.692. The fourth-order valence-electron chi connectivity index (χ4n) is 7.49. The molecule has 0 saturated heterocycles. The molecule has 7 atom stereocenters. The van der Waals surface area contributed by atoms with E-state index in [0.717, 1.165) is 0 Å². The van der Waals surface area contributed by atoms with Gasteiger partial charge in [0.2, 0.25) is 0 Å².